The van der Waals surface area contributed by atoms with Gasteiger partial charge in [0.15, 0.2) is 5.69 Å². The van der Waals surface area contributed by atoms with E-state index in [0.29, 0.717) is 18.1 Å². The molecule has 1 aromatic rings. The van der Waals surface area contributed by atoms with Gasteiger partial charge in [0.1, 0.15) is 6.26 Å². The molecule has 3 N–H and O–H groups in total. The lowest BCUT2D eigenvalue weighted by Gasteiger charge is -2.04. The summed E-state index contributed by atoms with van der Waals surface area (Å²) >= 11 is 0. The SMILES string of the molecule is CCCCCCCCCCCCCNC(=O)c1coc(C(N)CC)n1. The van der Waals surface area contributed by atoms with E-state index < -0.39 is 0 Å². The maximum Gasteiger partial charge on any atom is 0.273 e. The van der Waals surface area contributed by atoms with Crippen LogP contribution in [0.2, 0.25) is 0 Å². The Morgan fingerprint density at radius 1 is 1.04 bits per heavy atom. The number of amides is 1. The monoisotopic (exact) mass is 351 g/mol. The van der Waals surface area contributed by atoms with E-state index in [-0.39, 0.29) is 11.9 Å². The van der Waals surface area contributed by atoms with Gasteiger partial charge in [-0.25, -0.2) is 4.98 Å². The molecular formula is C20H37N3O2. The molecule has 0 radical (unpaired) electrons. The molecule has 1 atom stereocenters. The molecular weight excluding hydrogens is 314 g/mol. The van der Waals surface area contributed by atoms with Crippen LogP contribution < -0.4 is 11.1 Å². The van der Waals surface area contributed by atoms with E-state index in [2.05, 4.69) is 17.2 Å². The molecule has 1 rings (SSSR count). The Morgan fingerprint density at radius 3 is 2.16 bits per heavy atom. The van der Waals surface area contributed by atoms with Crippen LogP contribution in [0.5, 0.6) is 0 Å². The van der Waals surface area contributed by atoms with Crippen molar-refractivity contribution >= 4 is 5.91 Å². The summed E-state index contributed by atoms with van der Waals surface area (Å²) in [5.41, 5.74) is 6.16. The van der Waals surface area contributed by atoms with Gasteiger partial charge < -0.3 is 15.5 Å². The van der Waals surface area contributed by atoms with Crippen molar-refractivity contribution in [2.24, 2.45) is 5.73 Å². The molecule has 1 heterocycles. The first-order chi connectivity index (χ1) is 12.2. The summed E-state index contributed by atoms with van der Waals surface area (Å²) in [7, 11) is 0. The molecule has 0 spiro atoms. The maximum absolute atomic E-state index is 12.0. The van der Waals surface area contributed by atoms with Gasteiger partial charge in [0.2, 0.25) is 5.89 Å². The third kappa shape index (κ3) is 9.63. The smallest absolute Gasteiger partial charge is 0.273 e. The number of oxazole rings is 1. The first-order valence-corrected chi connectivity index (χ1v) is 10.2. The lowest BCUT2D eigenvalue weighted by Crippen LogP contribution is -2.25. The molecule has 5 nitrogen and oxygen atoms in total. The number of unbranched alkanes of at least 4 members (excludes halogenated alkanes) is 10. The Kier molecular flexibility index (Phi) is 12.0. The lowest BCUT2D eigenvalue weighted by atomic mass is 10.1. The van der Waals surface area contributed by atoms with Crippen molar-refractivity contribution in [2.45, 2.75) is 96.9 Å². The molecule has 0 bridgehead atoms. The Balaban J connectivity index is 1.97. The zero-order valence-corrected chi connectivity index (χ0v) is 16.2. The van der Waals surface area contributed by atoms with E-state index in [1.54, 1.807) is 0 Å². The molecule has 0 saturated heterocycles. The van der Waals surface area contributed by atoms with Crippen molar-refractivity contribution in [1.29, 1.82) is 0 Å². The number of carbonyl (C=O) groups is 1. The van der Waals surface area contributed by atoms with E-state index in [1.807, 2.05) is 6.92 Å². The van der Waals surface area contributed by atoms with Crippen LogP contribution in [0.4, 0.5) is 0 Å². The van der Waals surface area contributed by atoms with Gasteiger partial charge in [0.25, 0.3) is 5.91 Å². The Labute approximate surface area is 153 Å². The highest BCUT2D eigenvalue weighted by Crippen LogP contribution is 2.13. The molecule has 0 aliphatic carbocycles. The normalized spacial score (nSPS) is 12.3. The van der Waals surface area contributed by atoms with E-state index in [9.17, 15) is 4.79 Å². The molecule has 1 aromatic heterocycles. The van der Waals surface area contributed by atoms with Crippen molar-refractivity contribution < 1.29 is 9.21 Å². The van der Waals surface area contributed by atoms with Crippen LogP contribution in [0.25, 0.3) is 0 Å². The fourth-order valence-electron chi connectivity index (χ4n) is 2.82. The van der Waals surface area contributed by atoms with E-state index in [4.69, 9.17) is 10.2 Å². The van der Waals surface area contributed by atoms with E-state index in [1.165, 1.54) is 70.5 Å². The topological polar surface area (TPSA) is 81.2 Å². The van der Waals surface area contributed by atoms with Gasteiger partial charge in [0, 0.05) is 6.54 Å². The predicted octanol–water partition coefficient (Wildman–Crippen LogP) is 5.13. The third-order valence-corrected chi connectivity index (χ3v) is 4.58. The summed E-state index contributed by atoms with van der Waals surface area (Å²) in [6.45, 7) is 4.91. The highest BCUT2D eigenvalue weighted by Gasteiger charge is 2.15. The summed E-state index contributed by atoms with van der Waals surface area (Å²) in [5.74, 6) is 0.257. The van der Waals surface area contributed by atoms with Crippen molar-refractivity contribution in [3.63, 3.8) is 0 Å². The highest BCUT2D eigenvalue weighted by molar-refractivity contribution is 5.91. The Hall–Kier alpha value is -1.36. The first-order valence-electron chi connectivity index (χ1n) is 10.2. The number of hydrogen-bond donors (Lipinski definition) is 2. The molecule has 0 aliphatic heterocycles. The molecule has 0 aromatic carbocycles. The van der Waals surface area contributed by atoms with Crippen LogP contribution in [-0.2, 0) is 0 Å². The van der Waals surface area contributed by atoms with Crippen LogP contribution in [0.1, 0.15) is 113 Å². The Bertz CT molecular complexity index is 460. The zero-order valence-electron chi connectivity index (χ0n) is 16.2. The van der Waals surface area contributed by atoms with E-state index in [0.717, 1.165) is 12.8 Å². The van der Waals surface area contributed by atoms with Gasteiger partial charge >= 0.3 is 0 Å². The number of aromatic nitrogens is 1. The van der Waals surface area contributed by atoms with Gasteiger partial charge in [-0.05, 0) is 12.8 Å². The molecule has 1 amide bonds. The zero-order chi connectivity index (χ0) is 18.3. The molecule has 0 fully saturated rings. The highest BCUT2D eigenvalue weighted by atomic mass is 16.3. The van der Waals surface area contributed by atoms with Gasteiger partial charge in [-0.2, -0.15) is 0 Å². The molecule has 0 aliphatic rings. The van der Waals surface area contributed by atoms with Crippen LogP contribution in [0, 0.1) is 0 Å². The molecule has 5 heteroatoms. The fourth-order valence-corrected chi connectivity index (χ4v) is 2.82. The lowest BCUT2D eigenvalue weighted by molar-refractivity contribution is 0.0948. The minimum Gasteiger partial charge on any atom is -0.446 e. The number of hydrogen-bond acceptors (Lipinski definition) is 4. The van der Waals surface area contributed by atoms with Crippen molar-refractivity contribution in [2.75, 3.05) is 6.54 Å². The third-order valence-electron chi connectivity index (χ3n) is 4.58. The summed E-state index contributed by atoms with van der Waals surface area (Å²) < 4.78 is 5.25. The number of carbonyl (C=O) groups excluding carboxylic acids is 1. The second kappa shape index (κ2) is 13.9. The van der Waals surface area contributed by atoms with Gasteiger partial charge in [0.05, 0.1) is 6.04 Å². The van der Waals surface area contributed by atoms with Crippen molar-refractivity contribution in [3.8, 4) is 0 Å². The summed E-state index contributed by atoms with van der Waals surface area (Å²) in [5, 5.41) is 2.90. The second-order valence-corrected chi connectivity index (χ2v) is 6.88. The fraction of sp³-hybridized carbons (Fsp3) is 0.800. The second-order valence-electron chi connectivity index (χ2n) is 6.88. The number of rotatable bonds is 15. The predicted molar refractivity (Wildman–Crippen MR) is 103 cm³/mol. The molecule has 25 heavy (non-hydrogen) atoms. The number of nitrogens with one attached hydrogen (secondary N) is 1. The quantitative estimate of drug-likeness (QED) is 0.429. The van der Waals surface area contributed by atoms with E-state index >= 15 is 0 Å². The van der Waals surface area contributed by atoms with Crippen LogP contribution in [0.3, 0.4) is 0 Å². The van der Waals surface area contributed by atoms with Gasteiger partial charge in [-0.1, -0.05) is 78.1 Å². The van der Waals surface area contributed by atoms with Crippen LogP contribution >= 0.6 is 0 Å². The number of nitrogens with two attached hydrogens (primary N) is 1. The minimum absolute atomic E-state index is 0.176. The summed E-state index contributed by atoms with van der Waals surface area (Å²) in [6.07, 6.45) is 16.5. The molecule has 0 saturated carbocycles. The number of nitrogens with zero attached hydrogens (tertiary/aromatic N) is 1. The summed E-state index contributed by atoms with van der Waals surface area (Å²) in [4.78, 5) is 16.1. The largest absolute Gasteiger partial charge is 0.446 e. The maximum atomic E-state index is 12.0. The molecule has 144 valence electrons. The average Bonchev–Trinajstić information content (AvgIpc) is 3.12. The standard InChI is InChI=1S/C20H37N3O2/c1-3-5-6-7-8-9-10-11-12-13-14-15-22-19(24)18-16-25-20(23-18)17(21)4-2/h16-17H,3-15,21H2,1-2H3,(H,22,24). The summed E-state index contributed by atoms with van der Waals surface area (Å²) in [6, 6.07) is -0.242. The molecule has 1 unspecified atom stereocenters. The Morgan fingerprint density at radius 2 is 1.60 bits per heavy atom. The first kappa shape index (κ1) is 21.7. The van der Waals surface area contributed by atoms with Crippen LogP contribution in [0.15, 0.2) is 10.7 Å². The van der Waals surface area contributed by atoms with Crippen molar-refractivity contribution in [3.05, 3.63) is 17.8 Å². The van der Waals surface area contributed by atoms with Gasteiger partial charge in [-0.15, -0.1) is 0 Å². The average molecular weight is 352 g/mol. The van der Waals surface area contributed by atoms with Crippen molar-refractivity contribution in [1.82, 2.24) is 10.3 Å². The minimum atomic E-state index is -0.242. The van der Waals surface area contributed by atoms with Crippen LogP contribution in [-0.4, -0.2) is 17.4 Å². The van der Waals surface area contributed by atoms with Gasteiger partial charge in [-0.3, -0.25) is 4.79 Å².